The lowest BCUT2D eigenvalue weighted by Crippen LogP contribution is -2.61. The van der Waals surface area contributed by atoms with Gasteiger partial charge in [0, 0.05) is 6.54 Å². The molecule has 0 amide bonds. The zero-order valence-electron chi connectivity index (χ0n) is 6.96. The summed E-state index contributed by atoms with van der Waals surface area (Å²) in [6.45, 7) is 0.0465. The Hall–Kier alpha value is -0.200. The Kier molecular flexibility index (Phi) is 3.03. The molecule has 0 aromatic carbocycles. The number of likely N-dealkylation sites (tertiary alicyclic amines) is 1. The summed E-state index contributed by atoms with van der Waals surface area (Å²) < 4.78 is 0. The van der Waals surface area contributed by atoms with Crippen molar-refractivity contribution in [2.45, 2.75) is 24.4 Å². The normalized spacial score (nSPS) is 44.8. The lowest BCUT2D eigenvalue weighted by atomic mass is 9.95. The van der Waals surface area contributed by atoms with Crippen molar-refractivity contribution in [2.24, 2.45) is 0 Å². The van der Waals surface area contributed by atoms with Gasteiger partial charge in [-0.05, 0) is 7.05 Å². The Morgan fingerprint density at radius 3 is 2.33 bits per heavy atom. The topological polar surface area (TPSA) is 84.2 Å². The van der Waals surface area contributed by atoms with Crippen molar-refractivity contribution in [3.05, 3.63) is 0 Å². The number of likely N-dealkylation sites (N-methyl/N-ethyl adjacent to an activating group) is 1. The molecule has 1 aliphatic rings. The van der Waals surface area contributed by atoms with Crippen molar-refractivity contribution in [3.63, 3.8) is 0 Å². The van der Waals surface area contributed by atoms with Crippen LogP contribution in [0.5, 0.6) is 0 Å². The highest BCUT2D eigenvalue weighted by atomic mass is 16.4. The maximum absolute atomic E-state index is 9.37. The molecule has 2 unspecified atom stereocenters. The molecule has 0 spiro atoms. The maximum atomic E-state index is 9.37. The minimum Gasteiger partial charge on any atom is -0.395 e. The summed E-state index contributed by atoms with van der Waals surface area (Å²) in [5.41, 5.74) is 0. The quantitative estimate of drug-likeness (QED) is 0.352. The van der Waals surface area contributed by atoms with Crippen LogP contribution >= 0.6 is 0 Å². The third-order valence-corrected chi connectivity index (χ3v) is 2.37. The zero-order valence-corrected chi connectivity index (χ0v) is 6.96. The summed E-state index contributed by atoms with van der Waals surface area (Å²) >= 11 is 0. The van der Waals surface area contributed by atoms with Gasteiger partial charge in [0.25, 0.3) is 0 Å². The van der Waals surface area contributed by atoms with Crippen LogP contribution in [0.2, 0.25) is 0 Å². The third-order valence-electron chi connectivity index (χ3n) is 2.37. The molecule has 0 aliphatic carbocycles. The number of aliphatic hydroxyl groups is 4. The van der Waals surface area contributed by atoms with Crippen LogP contribution < -0.4 is 0 Å². The monoisotopic (exact) mass is 177 g/mol. The van der Waals surface area contributed by atoms with E-state index in [4.69, 9.17) is 5.11 Å². The van der Waals surface area contributed by atoms with Gasteiger partial charge in [0.2, 0.25) is 0 Å². The van der Waals surface area contributed by atoms with Gasteiger partial charge >= 0.3 is 0 Å². The fourth-order valence-corrected chi connectivity index (χ4v) is 1.50. The number of hydrogen-bond acceptors (Lipinski definition) is 5. The predicted octanol–water partition coefficient (Wildman–Crippen LogP) is -2.62. The van der Waals surface area contributed by atoms with E-state index in [1.165, 1.54) is 0 Å². The number of nitrogens with zero attached hydrogens (tertiary/aromatic N) is 1. The summed E-state index contributed by atoms with van der Waals surface area (Å²) in [7, 11) is 1.68. The smallest absolute Gasteiger partial charge is 0.109 e. The molecule has 1 rings (SSSR count). The molecule has 4 atom stereocenters. The highest BCUT2D eigenvalue weighted by molar-refractivity contribution is 4.92. The Morgan fingerprint density at radius 1 is 1.25 bits per heavy atom. The van der Waals surface area contributed by atoms with Gasteiger partial charge in [0.05, 0.1) is 18.8 Å². The molecule has 72 valence electrons. The third kappa shape index (κ3) is 1.60. The largest absolute Gasteiger partial charge is 0.395 e. The second-order valence-electron chi connectivity index (χ2n) is 3.24. The van der Waals surface area contributed by atoms with Crippen LogP contribution in [0.15, 0.2) is 0 Å². The number of piperidine rings is 1. The highest BCUT2D eigenvalue weighted by Gasteiger charge is 2.39. The standard InChI is InChI=1S/C7H15NO4/c1-8-2-5(10)7(12)6(11)4(8)3-9/h4-7,9-12H,2-3H2,1H3/t4?,5?,6-,7-/m0/s1. The average molecular weight is 177 g/mol. The first kappa shape index (κ1) is 9.88. The maximum Gasteiger partial charge on any atom is 0.109 e. The molecule has 1 saturated heterocycles. The molecule has 1 aliphatic heterocycles. The van der Waals surface area contributed by atoms with Crippen molar-refractivity contribution >= 4 is 0 Å². The second-order valence-corrected chi connectivity index (χ2v) is 3.24. The Morgan fingerprint density at radius 2 is 1.83 bits per heavy atom. The summed E-state index contributed by atoms with van der Waals surface area (Å²) in [6, 6.07) is -0.483. The molecule has 1 fully saturated rings. The number of β-amino-alcohol motifs (C(OH)–C–C–N with tert-alkyl or cyclic N) is 1. The fourth-order valence-electron chi connectivity index (χ4n) is 1.50. The lowest BCUT2D eigenvalue weighted by molar-refractivity contribution is -0.138. The van der Waals surface area contributed by atoms with Crippen molar-refractivity contribution in [3.8, 4) is 0 Å². The van der Waals surface area contributed by atoms with E-state index in [1.807, 2.05) is 0 Å². The van der Waals surface area contributed by atoms with E-state index < -0.39 is 24.4 Å². The minimum atomic E-state index is -1.15. The van der Waals surface area contributed by atoms with Crippen molar-refractivity contribution in [2.75, 3.05) is 20.2 Å². The van der Waals surface area contributed by atoms with Gasteiger partial charge in [-0.3, -0.25) is 4.90 Å². The van der Waals surface area contributed by atoms with Crippen LogP contribution in [-0.2, 0) is 0 Å². The number of aliphatic hydroxyl groups excluding tert-OH is 4. The molecule has 0 aromatic heterocycles. The molecule has 5 nitrogen and oxygen atoms in total. The van der Waals surface area contributed by atoms with E-state index in [0.29, 0.717) is 0 Å². The van der Waals surface area contributed by atoms with Gasteiger partial charge in [-0.2, -0.15) is 0 Å². The fraction of sp³-hybridized carbons (Fsp3) is 1.00. The van der Waals surface area contributed by atoms with Gasteiger partial charge in [-0.25, -0.2) is 0 Å². The predicted molar refractivity (Wildman–Crippen MR) is 41.5 cm³/mol. The minimum absolute atomic E-state index is 0.221. The van der Waals surface area contributed by atoms with Gasteiger partial charge in [0.1, 0.15) is 12.2 Å². The molecule has 0 radical (unpaired) electrons. The van der Waals surface area contributed by atoms with E-state index in [0.717, 1.165) is 0 Å². The molecule has 0 bridgehead atoms. The summed E-state index contributed by atoms with van der Waals surface area (Å²) in [6.07, 6.45) is -3.17. The molecule has 12 heavy (non-hydrogen) atoms. The van der Waals surface area contributed by atoms with Crippen LogP contribution in [0, 0.1) is 0 Å². The highest BCUT2D eigenvalue weighted by Crippen LogP contribution is 2.16. The van der Waals surface area contributed by atoms with E-state index in [2.05, 4.69) is 0 Å². The Bertz CT molecular complexity index is 154. The molecule has 5 heteroatoms. The first-order valence-electron chi connectivity index (χ1n) is 3.93. The van der Waals surface area contributed by atoms with Crippen molar-refractivity contribution < 1.29 is 20.4 Å². The molecular formula is C7H15NO4. The van der Waals surface area contributed by atoms with Gasteiger partial charge in [0.15, 0.2) is 0 Å². The summed E-state index contributed by atoms with van der Waals surface area (Å²) in [4.78, 5) is 1.63. The first-order valence-corrected chi connectivity index (χ1v) is 3.93. The van der Waals surface area contributed by atoms with Gasteiger partial charge < -0.3 is 20.4 Å². The molecular weight excluding hydrogens is 162 g/mol. The van der Waals surface area contributed by atoms with Crippen LogP contribution in [0.1, 0.15) is 0 Å². The molecule has 1 heterocycles. The molecule has 0 aromatic rings. The molecule has 4 N–H and O–H groups in total. The SMILES string of the molecule is CN1CC(O)[C@H](O)[C@@H](O)C1CO. The Labute approximate surface area is 70.9 Å². The van der Waals surface area contributed by atoms with Crippen LogP contribution in [0.3, 0.4) is 0 Å². The zero-order chi connectivity index (χ0) is 9.30. The number of rotatable bonds is 1. The number of hydrogen-bond donors (Lipinski definition) is 4. The lowest BCUT2D eigenvalue weighted by Gasteiger charge is -2.40. The summed E-state index contributed by atoms with van der Waals surface area (Å²) in [5, 5.41) is 36.6. The summed E-state index contributed by atoms with van der Waals surface area (Å²) in [5.74, 6) is 0. The van der Waals surface area contributed by atoms with Gasteiger partial charge in [-0.1, -0.05) is 0 Å². The van der Waals surface area contributed by atoms with Crippen LogP contribution in [-0.4, -0.2) is 69.9 Å². The van der Waals surface area contributed by atoms with E-state index in [-0.39, 0.29) is 13.2 Å². The van der Waals surface area contributed by atoms with Crippen LogP contribution in [0.25, 0.3) is 0 Å². The van der Waals surface area contributed by atoms with E-state index >= 15 is 0 Å². The van der Waals surface area contributed by atoms with E-state index in [1.54, 1.807) is 11.9 Å². The molecule has 0 saturated carbocycles. The Balaban J connectivity index is 2.65. The van der Waals surface area contributed by atoms with Gasteiger partial charge in [-0.15, -0.1) is 0 Å². The first-order chi connectivity index (χ1) is 5.57. The van der Waals surface area contributed by atoms with E-state index in [9.17, 15) is 15.3 Å². The van der Waals surface area contributed by atoms with Crippen LogP contribution in [0.4, 0.5) is 0 Å². The average Bonchev–Trinajstić information content (AvgIpc) is 2.01. The second kappa shape index (κ2) is 3.68. The van der Waals surface area contributed by atoms with Crippen molar-refractivity contribution in [1.29, 1.82) is 0 Å². The van der Waals surface area contributed by atoms with Crippen molar-refractivity contribution in [1.82, 2.24) is 4.90 Å².